The minimum atomic E-state index is 0.685. The lowest BCUT2D eigenvalue weighted by Crippen LogP contribution is -2.45. The number of amides is 1. The van der Waals surface area contributed by atoms with Gasteiger partial charge < -0.3 is 9.80 Å². The molecule has 6 heteroatoms. The third-order valence-corrected chi connectivity index (χ3v) is 2.19. The zero-order valence-electron chi connectivity index (χ0n) is 8.46. The molecule has 2 N–H and O–H groups in total. The van der Waals surface area contributed by atoms with Crippen LogP contribution in [0.2, 0.25) is 0 Å². The molecule has 1 aliphatic rings. The standard InChI is InChI=1S/C8H17N5O/c1-2-13(9)10-7-11-3-5-12(8-14)6-4-11/h7-8H,2-6,9H2,1H3/b10-7+. The number of hydrazine groups is 1. The van der Waals surface area contributed by atoms with E-state index in [-0.39, 0.29) is 0 Å². The third-order valence-electron chi connectivity index (χ3n) is 2.19. The van der Waals surface area contributed by atoms with Crippen molar-refractivity contribution in [2.45, 2.75) is 6.92 Å². The van der Waals surface area contributed by atoms with E-state index in [4.69, 9.17) is 5.84 Å². The van der Waals surface area contributed by atoms with Crippen molar-refractivity contribution in [1.82, 2.24) is 14.9 Å². The molecule has 0 saturated carbocycles. The van der Waals surface area contributed by atoms with Gasteiger partial charge in [-0.1, -0.05) is 0 Å². The van der Waals surface area contributed by atoms with Gasteiger partial charge in [0.05, 0.1) is 6.54 Å². The zero-order chi connectivity index (χ0) is 10.4. The smallest absolute Gasteiger partial charge is 0.209 e. The molecule has 1 aliphatic heterocycles. The monoisotopic (exact) mass is 199 g/mol. The fraction of sp³-hybridized carbons (Fsp3) is 0.750. The van der Waals surface area contributed by atoms with E-state index in [1.54, 1.807) is 11.2 Å². The normalized spacial score (nSPS) is 17.6. The minimum absolute atomic E-state index is 0.685. The molecular weight excluding hydrogens is 182 g/mol. The first-order valence-corrected chi connectivity index (χ1v) is 4.76. The van der Waals surface area contributed by atoms with Crippen LogP contribution < -0.4 is 5.84 Å². The maximum Gasteiger partial charge on any atom is 0.209 e. The molecule has 1 rings (SSSR count). The Morgan fingerprint density at radius 1 is 1.36 bits per heavy atom. The maximum atomic E-state index is 10.4. The van der Waals surface area contributed by atoms with Gasteiger partial charge in [-0.15, -0.1) is 0 Å². The number of hydrogen-bond donors (Lipinski definition) is 1. The van der Waals surface area contributed by atoms with Crippen LogP contribution in [0, 0.1) is 0 Å². The fourth-order valence-electron chi connectivity index (χ4n) is 1.18. The maximum absolute atomic E-state index is 10.4. The lowest BCUT2D eigenvalue weighted by atomic mass is 10.3. The highest BCUT2D eigenvalue weighted by Crippen LogP contribution is 1.96. The van der Waals surface area contributed by atoms with Crippen LogP contribution in [0.25, 0.3) is 0 Å². The van der Waals surface area contributed by atoms with E-state index < -0.39 is 0 Å². The summed E-state index contributed by atoms with van der Waals surface area (Å²) in [4.78, 5) is 14.2. The summed E-state index contributed by atoms with van der Waals surface area (Å²) in [5.74, 6) is 5.49. The molecule has 0 aliphatic carbocycles. The molecule has 1 fully saturated rings. The molecule has 1 heterocycles. The second-order valence-electron chi connectivity index (χ2n) is 3.16. The largest absolute Gasteiger partial charge is 0.358 e. The number of piperazine rings is 1. The second kappa shape index (κ2) is 5.43. The Labute approximate surface area is 83.9 Å². The van der Waals surface area contributed by atoms with Crippen molar-refractivity contribution in [2.75, 3.05) is 32.7 Å². The minimum Gasteiger partial charge on any atom is -0.358 e. The van der Waals surface area contributed by atoms with Crippen LogP contribution in [-0.4, -0.2) is 60.4 Å². The highest BCUT2D eigenvalue weighted by Gasteiger charge is 2.12. The van der Waals surface area contributed by atoms with E-state index in [0.29, 0.717) is 6.54 Å². The van der Waals surface area contributed by atoms with E-state index in [2.05, 4.69) is 10.0 Å². The molecule has 6 nitrogen and oxygen atoms in total. The van der Waals surface area contributed by atoms with E-state index in [1.165, 1.54) is 5.12 Å². The van der Waals surface area contributed by atoms with E-state index >= 15 is 0 Å². The summed E-state index contributed by atoms with van der Waals surface area (Å²) in [5.41, 5.74) is 0. The highest BCUT2D eigenvalue weighted by molar-refractivity contribution is 5.55. The number of rotatable bonds is 4. The van der Waals surface area contributed by atoms with Crippen molar-refractivity contribution in [3.05, 3.63) is 0 Å². The van der Waals surface area contributed by atoms with Crippen LogP contribution in [0.1, 0.15) is 6.92 Å². The third kappa shape index (κ3) is 3.21. The van der Waals surface area contributed by atoms with Crippen LogP contribution in [-0.2, 0) is 4.79 Å². The number of nitrogens with zero attached hydrogens (tertiary/aromatic N) is 4. The van der Waals surface area contributed by atoms with Crippen molar-refractivity contribution in [2.24, 2.45) is 10.9 Å². The van der Waals surface area contributed by atoms with Gasteiger partial charge in [-0.05, 0) is 6.92 Å². The molecule has 0 radical (unpaired) electrons. The van der Waals surface area contributed by atoms with Gasteiger partial charge in [-0.25, -0.2) is 11.0 Å². The summed E-state index contributed by atoms with van der Waals surface area (Å²) in [6.07, 6.45) is 2.61. The number of carbonyl (C=O) groups excluding carboxylic acids is 1. The Balaban J connectivity index is 2.28. The topological polar surface area (TPSA) is 65.2 Å². The van der Waals surface area contributed by atoms with Crippen LogP contribution in [0.5, 0.6) is 0 Å². The number of nitrogens with two attached hydrogens (primary N) is 1. The van der Waals surface area contributed by atoms with Gasteiger partial charge >= 0.3 is 0 Å². The quantitative estimate of drug-likeness (QED) is 0.205. The average molecular weight is 199 g/mol. The van der Waals surface area contributed by atoms with E-state index in [9.17, 15) is 4.79 Å². The Morgan fingerprint density at radius 3 is 2.43 bits per heavy atom. The van der Waals surface area contributed by atoms with Crippen molar-refractivity contribution in [1.29, 1.82) is 0 Å². The van der Waals surface area contributed by atoms with Crippen molar-refractivity contribution in [3.63, 3.8) is 0 Å². The molecule has 0 aromatic heterocycles. The Morgan fingerprint density at radius 2 is 1.93 bits per heavy atom. The van der Waals surface area contributed by atoms with Gasteiger partial charge in [0.2, 0.25) is 6.41 Å². The molecule has 0 spiro atoms. The van der Waals surface area contributed by atoms with Gasteiger partial charge in [0.15, 0.2) is 0 Å². The Kier molecular flexibility index (Phi) is 4.18. The summed E-state index contributed by atoms with van der Waals surface area (Å²) < 4.78 is 0. The molecule has 0 aromatic carbocycles. The number of carbonyl (C=O) groups is 1. The average Bonchev–Trinajstić information content (AvgIpc) is 2.26. The molecule has 14 heavy (non-hydrogen) atoms. The summed E-state index contributed by atoms with van der Waals surface area (Å²) in [5, 5.41) is 5.40. The van der Waals surface area contributed by atoms with Crippen molar-refractivity contribution >= 4 is 12.7 Å². The first kappa shape index (κ1) is 10.8. The van der Waals surface area contributed by atoms with Crippen LogP contribution in [0.15, 0.2) is 5.10 Å². The van der Waals surface area contributed by atoms with Gasteiger partial charge in [0.25, 0.3) is 0 Å². The van der Waals surface area contributed by atoms with E-state index in [1.807, 2.05) is 6.92 Å². The first-order valence-electron chi connectivity index (χ1n) is 4.76. The summed E-state index contributed by atoms with van der Waals surface area (Å²) in [7, 11) is 0. The molecular formula is C8H17N5O. The van der Waals surface area contributed by atoms with Crippen LogP contribution in [0.3, 0.4) is 0 Å². The summed E-state index contributed by atoms with van der Waals surface area (Å²) in [6.45, 7) is 5.77. The predicted octanol–water partition coefficient (Wildman–Crippen LogP) is -1.10. The molecule has 80 valence electrons. The highest BCUT2D eigenvalue weighted by atomic mass is 16.1. The number of hydrogen-bond acceptors (Lipinski definition) is 4. The Bertz CT molecular complexity index is 200. The Hall–Kier alpha value is -1.30. The molecule has 1 amide bonds. The molecule has 1 saturated heterocycles. The van der Waals surface area contributed by atoms with Gasteiger partial charge in [-0.2, -0.15) is 5.10 Å². The first-order chi connectivity index (χ1) is 6.76. The van der Waals surface area contributed by atoms with Crippen LogP contribution >= 0.6 is 0 Å². The lowest BCUT2D eigenvalue weighted by Gasteiger charge is -2.31. The van der Waals surface area contributed by atoms with Gasteiger partial charge in [0, 0.05) is 26.2 Å². The summed E-state index contributed by atoms with van der Waals surface area (Å²) >= 11 is 0. The van der Waals surface area contributed by atoms with Gasteiger partial charge in [-0.3, -0.25) is 4.79 Å². The fourth-order valence-corrected chi connectivity index (χ4v) is 1.18. The molecule has 0 atom stereocenters. The molecule has 0 bridgehead atoms. The SMILES string of the molecule is CCN(N)/N=C/N1CCN(C=O)CC1. The van der Waals surface area contributed by atoms with E-state index in [0.717, 1.165) is 32.6 Å². The van der Waals surface area contributed by atoms with Crippen molar-refractivity contribution in [3.8, 4) is 0 Å². The van der Waals surface area contributed by atoms with Crippen LogP contribution in [0.4, 0.5) is 0 Å². The lowest BCUT2D eigenvalue weighted by molar-refractivity contribution is -0.119. The number of hydrazone groups is 1. The molecule has 0 unspecified atom stereocenters. The molecule has 0 aromatic rings. The predicted molar refractivity (Wildman–Crippen MR) is 54.3 cm³/mol. The van der Waals surface area contributed by atoms with Gasteiger partial charge in [0.1, 0.15) is 6.34 Å². The summed E-state index contributed by atoms with van der Waals surface area (Å²) in [6, 6.07) is 0. The zero-order valence-corrected chi connectivity index (χ0v) is 8.46. The van der Waals surface area contributed by atoms with Crippen molar-refractivity contribution < 1.29 is 4.79 Å². The second-order valence-corrected chi connectivity index (χ2v) is 3.16.